The van der Waals surface area contributed by atoms with Crippen molar-refractivity contribution in [2.24, 2.45) is 0 Å². The predicted molar refractivity (Wildman–Crippen MR) is 98.0 cm³/mol. The van der Waals surface area contributed by atoms with Crippen molar-refractivity contribution in [2.75, 3.05) is 6.54 Å². The SMILES string of the molecule is CC(C)(C)OC(=O)N1CCCC1C#Cc1ccc(C(C)(C)C)cc1. The normalized spacial score (nSPS) is 18.1. The Bertz CT molecular complexity index is 636. The Morgan fingerprint density at radius 2 is 1.75 bits per heavy atom. The lowest BCUT2D eigenvalue weighted by Gasteiger charge is -2.26. The van der Waals surface area contributed by atoms with Crippen molar-refractivity contribution >= 4 is 6.09 Å². The van der Waals surface area contributed by atoms with Crippen LogP contribution in [0.3, 0.4) is 0 Å². The van der Waals surface area contributed by atoms with Crippen molar-refractivity contribution in [2.45, 2.75) is 71.4 Å². The Labute approximate surface area is 146 Å². The van der Waals surface area contributed by atoms with Crippen molar-refractivity contribution in [1.82, 2.24) is 4.90 Å². The van der Waals surface area contributed by atoms with E-state index in [0.29, 0.717) is 0 Å². The van der Waals surface area contributed by atoms with E-state index in [0.717, 1.165) is 24.9 Å². The number of benzene rings is 1. The van der Waals surface area contributed by atoms with Gasteiger partial charge in [0.2, 0.25) is 0 Å². The molecule has 0 bridgehead atoms. The molecule has 2 rings (SSSR count). The van der Waals surface area contributed by atoms with E-state index in [-0.39, 0.29) is 17.6 Å². The van der Waals surface area contributed by atoms with E-state index in [2.05, 4.69) is 56.9 Å². The zero-order valence-corrected chi connectivity index (χ0v) is 15.8. The molecule has 1 saturated heterocycles. The molecule has 1 unspecified atom stereocenters. The summed E-state index contributed by atoms with van der Waals surface area (Å²) in [4.78, 5) is 14.0. The van der Waals surface area contributed by atoms with Gasteiger partial charge in [-0.05, 0) is 56.7 Å². The van der Waals surface area contributed by atoms with Gasteiger partial charge < -0.3 is 4.74 Å². The first kappa shape index (κ1) is 18.4. The average molecular weight is 327 g/mol. The van der Waals surface area contributed by atoms with Crippen LogP contribution in [-0.2, 0) is 10.2 Å². The van der Waals surface area contributed by atoms with E-state index in [1.807, 2.05) is 20.8 Å². The molecule has 3 nitrogen and oxygen atoms in total. The fourth-order valence-corrected chi connectivity index (χ4v) is 2.68. The summed E-state index contributed by atoms with van der Waals surface area (Å²) in [5.74, 6) is 6.46. The summed E-state index contributed by atoms with van der Waals surface area (Å²) in [7, 11) is 0. The lowest BCUT2D eigenvalue weighted by molar-refractivity contribution is 0.0261. The van der Waals surface area contributed by atoms with E-state index >= 15 is 0 Å². The minimum Gasteiger partial charge on any atom is -0.444 e. The van der Waals surface area contributed by atoms with E-state index in [1.54, 1.807) is 4.90 Å². The van der Waals surface area contributed by atoms with Gasteiger partial charge in [0.05, 0.1) is 6.04 Å². The largest absolute Gasteiger partial charge is 0.444 e. The van der Waals surface area contributed by atoms with Crippen molar-refractivity contribution in [1.29, 1.82) is 0 Å². The molecular weight excluding hydrogens is 298 g/mol. The van der Waals surface area contributed by atoms with Gasteiger partial charge in [-0.1, -0.05) is 44.7 Å². The summed E-state index contributed by atoms with van der Waals surface area (Å²) in [6.07, 6.45) is 1.62. The number of hydrogen-bond donors (Lipinski definition) is 0. The van der Waals surface area contributed by atoms with Gasteiger partial charge in [0.1, 0.15) is 5.60 Å². The van der Waals surface area contributed by atoms with E-state index in [4.69, 9.17) is 4.74 Å². The van der Waals surface area contributed by atoms with E-state index in [1.165, 1.54) is 5.56 Å². The minimum atomic E-state index is -0.472. The lowest BCUT2D eigenvalue weighted by atomic mass is 9.87. The molecule has 1 aromatic carbocycles. The van der Waals surface area contributed by atoms with Crippen LogP contribution < -0.4 is 0 Å². The first-order valence-electron chi connectivity index (χ1n) is 8.68. The Hall–Kier alpha value is -1.95. The minimum absolute atomic E-state index is 0.0536. The van der Waals surface area contributed by atoms with E-state index < -0.39 is 5.60 Å². The molecule has 1 amide bonds. The third-order valence-electron chi connectivity index (χ3n) is 4.01. The summed E-state index contributed by atoms with van der Waals surface area (Å²) < 4.78 is 5.48. The van der Waals surface area contributed by atoms with Crippen LogP contribution in [0.1, 0.15) is 65.5 Å². The Balaban J connectivity index is 2.08. The monoisotopic (exact) mass is 327 g/mol. The number of rotatable bonds is 0. The molecule has 0 aromatic heterocycles. The number of amides is 1. The summed E-state index contributed by atoms with van der Waals surface area (Å²) in [5, 5.41) is 0. The second-order valence-electron chi connectivity index (χ2n) is 8.43. The third kappa shape index (κ3) is 5.03. The zero-order chi connectivity index (χ0) is 18.0. The summed E-state index contributed by atoms with van der Waals surface area (Å²) in [6.45, 7) is 13.0. The topological polar surface area (TPSA) is 29.5 Å². The van der Waals surface area contributed by atoms with Crippen LogP contribution in [0.4, 0.5) is 4.79 Å². The quantitative estimate of drug-likeness (QED) is 0.644. The molecule has 1 atom stereocenters. The molecule has 0 spiro atoms. The summed E-state index contributed by atoms with van der Waals surface area (Å²) in [5.41, 5.74) is 1.95. The van der Waals surface area contributed by atoms with Gasteiger partial charge in [-0.25, -0.2) is 4.79 Å². The highest BCUT2D eigenvalue weighted by atomic mass is 16.6. The first-order valence-corrected chi connectivity index (χ1v) is 8.68. The first-order chi connectivity index (χ1) is 11.1. The Morgan fingerprint density at radius 3 is 2.29 bits per heavy atom. The van der Waals surface area contributed by atoms with Gasteiger partial charge in [-0.15, -0.1) is 0 Å². The third-order valence-corrected chi connectivity index (χ3v) is 4.01. The average Bonchev–Trinajstić information content (AvgIpc) is 2.91. The highest BCUT2D eigenvalue weighted by Crippen LogP contribution is 2.23. The second-order valence-corrected chi connectivity index (χ2v) is 8.43. The predicted octanol–water partition coefficient (Wildman–Crippen LogP) is 4.74. The second kappa shape index (κ2) is 6.89. The van der Waals surface area contributed by atoms with Crippen LogP contribution in [0.5, 0.6) is 0 Å². The number of nitrogens with zero attached hydrogens (tertiary/aromatic N) is 1. The molecule has 1 aromatic rings. The molecule has 1 aliphatic rings. The summed E-state index contributed by atoms with van der Waals surface area (Å²) >= 11 is 0. The molecule has 0 aliphatic carbocycles. The van der Waals surface area contributed by atoms with Crippen molar-refractivity contribution in [3.8, 4) is 11.8 Å². The van der Waals surface area contributed by atoms with Gasteiger partial charge in [-0.2, -0.15) is 0 Å². The maximum atomic E-state index is 12.3. The molecule has 24 heavy (non-hydrogen) atoms. The van der Waals surface area contributed by atoms with Crippen LogP contribution in [0.15, 0.2) is 24.3 Å². The van der Waals surface area contributed by atoms with Crippen molar-refractivity contribution in [3.63, 3.8) is 0 Å². The molecule has 0 saturated carbocycles. The summed E-state index contributed by atoms with van der Waals surface area (Å²) in [6, 6.07) is 8.32. The zero-order valence-electron chi connectivity index (χ0n) is 15.8. The van der Waals surface area contributed by atoms with Gasteiger partial charge in [-0.3, -0.25) is 4.90 Å². The number of carbonyl (C=O) groups excluding carboxylic acids is 1. The molecule has 1 fully saturated rings. The van der Waals surface area contributed by atoms with Crippen LogP contribution in [0, 0.1) is 11.8 Å². The number of ether oxygens (including phenoxy) is 1. The van der Waals surface area contributed by atoms with Crippen LogP contribution in [0.2, 0.25) is 0 Å². The van der Waals surface area contributed by atoms with Crippen LogP contribution in [0.25, 0.3) is 0 Å². The Kier molecular flexibility index (Phi) is 5.28. The van der Waals surface area contributed by atoms with Crippen LogP contribution in [-0.4, -0.2) is 29.2 Å². The number of carbonyl (C=O) groups is 1. The molecule has 0 radical (unpaired) electrons. The molecule has 1 heterocycles. The van der Waals surface area contributed by atoms with E-state index in [9.17, 15) is 4.79 Å². The Morgan fingerprint density at radius 1 is 1.12 bits per heavy atom. The van der Waals surface area contributed by atoms with Gasteiger partial charge in [0, 0.05) is 12.1 Å². The van der Waals surface area contributed by atoms with Gasteiger partial charge in [0.15, 0.2) is 0 Å². The molecular formula is C21H29NO2. The maximum Gasteiger partial charge on any atom is 0.411 e. The number of likely N-dealkylation sites (tertiary alicyclic amines) is 1. The fourth-order valence-electron chi connectivity index (χ4n) is 2.68. The number of hydrogen-bond acceptors (Lipinski definition) is 2. The smallest absolute Gasteiger partial charge is 0.411 e. The molecule has 1 aliphatic heterocycles. The van der Waals surface area contributed by atoms with Gasteiger partial charge in [0.25, 0.3) is 0 Å². The molecule has 3 heteroatoms. The van der Waals surface area contributed by atoms with Crippen LogP contribution >= 0.6 is 0 Å². The fraction of sp³-hybridized carbons (Fsp3) is 0.571. The van der Waals surface area contributed by atoms with Crippen molar-refractivity contribution < 1.29 is 9.53 Å². The van der Waals surface area contributed by atoms with Gasteiger partial charge >= 0.3 is 6.09 Å². The maximum absolute atomic E-state index is 12.3. The van der Waals surface area contributed by atoms with Crippen molar-refractivity contribution in [3.05, 3.63) is 35.4 Å². The highest BCUT2D eigenvalue weighted by Gasteiger charge is 2.31. The lowest BCUT2D eigenvalue weighted by Crippen LogP contribution is -2.39. The highest BCUT2D eigenvalue weighted by molar-refractivity contribution is 5.69. The standard InChI is InChI=1S/C21H29NO2/c1-20(2,3)17-12-9-16(10-13-17)11-14-18-8-7-15-22(18)19(23)24-21(4,5)6/h9-10,12-13,18H,7-8,15H2,1-6H3. The molecule has 0 N–H and O–H groups in total. The molecule has 130 valence electrons.